The predicted molar refractivity (Wildman–Crippen MR) is 96.1 cm³/mol. The van der Waals surface area contributed by atoms with Gasteiger partial charge in [0.25, 0.3) is 0 Å². The Labute approximate surface area is 149 Å². The highest BCUT2D eigenvalue weighted by Crippen LogP contribution is 2.47. The van der Waals surface area contributed by atoms with Crippen LogP contribution < -0.4 is 4.90 Å². The molecular weight excluding hydrogens is 334 g/mol. The van der Waals surface area contributed by atoms with E-state index in [2.05, 4.69) is 11.1 Å². The number of nitrogens with zero attached hydrogens (tertiary/aromatic N) is 3. The van der Waals surface area contributed by atoms with Crippen LogP contribution in [0, 0.1) is 18.3 Å². The zero-order valence-electron chi connectivity index (χ0n) is 13.4. The van der Waals surface area contributed by atoms with E-state index in [1.54, 1.807) is 4.90 Å². The number of nitriles is 1. The van der Waals surface area contributed by atoms with Gasteiger partial charge in [0.15, 0.2) is 5.70 Å². The fraction of sp³-hybridized carbons (Fsp3) is 0.105. The molecule has 2 aliphatic rings. The summed E-state index contributed by atoms with van der Waals surface area (Å²) >= 11 is 1.43. The van der Waals surface area contributed by atoms with E-state index in [0.717, 1.165) is 21.7 Å². The number of para-hydroxylation sites is 1. The maximum atomic E-state index is 12.4. The van der Waals surface area contributed by atoms with E-state index in [1.165, 1.54) is 11.8 Å². The Kier molecular flexibility index (Phi) is 3.79. The highest BCUT2D eigenvalue weighted by Gasteiger charge is 2.34. The summed E-state index contributed by atoms with van der Waals surface area (Å²) in [7, 11) is 0. The van der Waals surface area contributed by atoms with Crippen LogP contribution in [-0.2, 0) is 9.53 Å². The van der Waals surface area contributed by atoms with Gasteiger partial charge in [0, 0.05) is 10.5 Å². The summed E-state index contributed by atoms with van der Waals surface area (Å²) in [6, 6.07) is 17.5. The van der Waals surface area contributed by atoms with Gasteiger partial charge in [-0.15, -0.1) is 0 Å². The Morgan fingerprint density at radius 2 is 1.96 bits per heavy atom. The third kappa shape index (κ3) is 2.69. The number of benzene rings is 2. The Bertz CT molecular complexity index is 971. The minimum Gasteiger partial charge on any atom is -0.402 e. The number of ether oxygens (including phenoxy) is 1. The molecule has 0 saturated carbocycles. The number of cyclic esters (lactones) is 1. The lowest BCUT2D eigenvalue weighted by atomic mass is 10.1. The number of carbonyl (C=O) groups excluding carboxylic acids is 1. The number of carbonyl (C=O) groups is 1. The first-order valence-electron chi connectivity index (χ1n) is 7.71. The molecule has 0 aromatic heterocycles. The smallest absolute Gasteiger partial charge is 0.366 e. The molecule has 4 rings (SSSR count). The van der Waals surface area contributed by atoms with Crippen molar-refractivity contribution in [1.29, 1.82) is 5.26 Å². The quantitative estimate of drug-likeness (QED) is 0.472. The van der Waals surface area contributed by atoms with Gasteiger partial charge in [-0.2, -0.15) is 5.26 Å². The molecule has 2 aromatic rings. The predicted octanol–water partition coefficient (Wildman–Crippen LogP) is 3.60. The molecule has 0 radical (unpaired) electrons. The maximum absolute atomic E-state index is 12.4. The first kappa shape index (κ1) is 15.5. The summed E-state index contributed by atoms with van der Waals surface area (Å²) in [5.74, 6) is -0.199. The molecule has 5 nitrogen and oxygen atoms in total. The van der Waals surface area contributed by atoms with Crippen LogP contribution in [0.4, 0.5) is 5.69 Å². The third-order valence-corrected chi connectivity index (χ3v) is 5.11. The molecule has 2 heterocycles. The molecule has 0 N–H and O–H groups in total. The van der Waals surface area contributed by atoms with Gasteiger partial charge in [-0.25, -0.2) is 9.79 Å². The molecule has 0 fully saturated rings. The molecule has 0 saturated heterocycles. The molecule has 2 aromatic carbocycles. The Balaban J connectivity index is 1.78. The number of rotatable bonds is 2. The van der Waals surface area contributed by atoms with Crippen LogP contribution in [0.1, 0.15) is 11.1 Å². The fourth-order valence-corrected chi connectivity index (χ4v) is 3.84. The summed E-state index contributed by atoms with van der Waals surface area (Å²) in [5, 5.41) is 9.79. The molecule has 0 bridgehead atoms. The second kappa shape index (κ2) is 6.11. The van der Waals surface area contributed by atoms with Crippen molar-refractivity contribution in [3.8, 4) is 6.07 Å². The number of fused-ring (bicyclic) bond motifs is 1. The van der Waals surface area contributed by atoms with E-state index in [0.29, 0.717) is 10.9 Å². The molecule has 0 aliphatic carbocycles. The summed E-state index contributed by atoms with van der Waals surface area (Å²) < 4.78 is 5.37. The van der Waals surface area contributed by atoms with Crippen LogP contribution in [0.25, 0.3) is 0 Å². The van der Waals surface area contributed by atoms with E-state index in [4.69, 9.17) is 10.00 Å². The minimum absolute atomic E-state index is 0.144. The maximum Gasteiger partial charge on any atom is 0.366 e. The van der Waals surface area contributed by atoms with E-state index in [-0.39, 0.29) is 12.2 Å². The molecule has 122 valence electrons. The van der Waals surface area contributed by atoms with E-state index in [9.17, 15) is 4.79 Å². The average Bonchev–Trinajstić information content (AvgIpc) is 3.17. The lowest BCUT2D eigenvalue weighted by molar-refractivity contribution is -0.130. The van der Waals surface area contributed by atoms with Gasteiger partial charge in [0.05, 0.1) is 11.8 Å². The Morgan fingerprint density at radius 3 is 2.72 bits per heavy atom. The number of thioether (sulfide) groups is 1. The van der Waals surface area contributed by atoms with Crippen LogP contribution in [-0.4, -0.2) is 18.4 Å². The van der Waals surface area contributed by atoms with Gasteiger partial charge in [-0.05, 0) is 31.2 Å². The first-order valence-corrected chi connectivity index (χ1v) is 8.52. The van der Waals surface area contributed by atoms with Crippen molar-refractivity contribution < 1.29 is 9.53 Å². The van der Waals surface area contributed by atoms with Crippen LogP contribution >= 0.6 is 11.8 Å². The minimum atomic E-state index is -0.492. The average molecular weight is 347 g/mol. The highest BCUT2D eigenvalue weighted by molar-refractivity contribution is 8.03. The monoisotopic (exact) mass is 347 g/mol. The lowest BCUT2D eigenvalue weighted by Gasteiger charge is -2.16. The zero-order chi connectivity index (χ0) is 17.4. The number of aliphatic imine (C=N–C) groups is 1. The molecule has 25 heavy (non-hydrogen) atoms. The topological polar surface area (TPSA) is 65.7 Å². The highest BCUT2D eigenvalue weighted by atomic mass is 32.2. The largest absolute Gasteiger partial charge is 0.402 e. The summed E-state index contributed by atoms with van der Waals surface area (Å²) in [6.07, 6.45) is 0. The molecule has 2 aliphatic heterocycles. The van der Waals surface area contributed by atoms with Crippen LogP contribution in [0.3, 0.4) is 0 Å². The normalized spacial score (nSPS) is 18.6. The van der Waals surface area contributed by atoms with Crippen molar-refractivity contribution in [2.45, 2.75) is 11.8 Å². The molecule has 6 heteroatoms. The van der Waals surface area contributed by atoms with Gasteiger partial charge in [-0.3, -0.25) is 0 Å². The van der Waals surface area contributed by atoms with E-state index in [1.807, 2.05) is 55.5 Å². The standard InChI is InChI=1S/C19H13N3O2S/c1-12-6-8-13(9-7-12)17-21-16(19(23)24-17)18-22(11-10-20)14-4-2-3-5-15(14)25-18/h2-9H,11H2,1H3/b18-16-. The summed E-state index contributed by atoms with van der Waals surface area (Å²) in [5.41, 5.74) is 3.02. The van der Waals surface area contributed by atoms with Gasteiger partial charge in [0.2, 0.25) is 5.90 Å². The Morgan fingerprint density at radius 1 is 1.20 bits per heavy atom. The van der Waals surface area contributed by atoms with Crippen molar-refractivity contribution in [2.75, 3.05) is 11.4 Å². The molecule has 0 unspecified atom stereocenters. The lowest BCUT2D eigenvalue weighted by Crippen LogP contribution is -2.20. The number of anilines is 1. The second-order valence-corrected chi connectivity index (χ2v) is 6.67. The summed E-state index contributed by atoms with van der Waals surface area (Å²) in [6.45, 7) is 2.14. The van der Waals surface area contributed by atoms with Gasteiger partial charge in [0.1, 0.15) is 11.6 Å². The van der Waals surface area contributed by atoms with Crippen LogP contribution in [0.15, 0.2) is 69.1 Å². The second-order valence-electron chi connectivity index (χ2n) is 5.64. The van der Waals surface area contributed by atoms with Crippen molar-refractivity contribution >= 4 is 29.3 Å². The first-order chi connectivity index (χ1) is 12.2. The number of hydrogen-bond donors (Lipinski definition) is 0. The molecular formula is C19H13N3O2S. The number of esters is 1. The van der Waals surface area contributed by atoms with E-state index < -0.39 is 5.97 Å². The van der Waals surface area contributed by atoms with Gasteiger partial charge >= 0.3 is 5.97 Å². The van der Waals surface area contributed by atoms with Crippen molar-refractivity contribution in [2.24, 2.45) is 4.99 Å². The van der Waals surface area contributed by atoms with Crippen LogP contribution in [0.2, 0.25) is 0 Å². The summed E-state index contributed by atoms with van der Waals surface area (Å²) in [4.78, 5) is 19.6. The van der Waals surface area contributed by atoms with Crippen LogP contribution in [0.5, 0.6) is 0 Å². The Hall–Kier alpha value is -3.04. The van der Waals surface area contributed by atoms with E-state index >= 15 is 0 Å². The molecule has 0 amide bonds. The SMILES string of the molecule is Cc1ccc(C2=N/C(=C3\Sc4ccccc4N3CC#N)C(=O)O2)cc1. The molecule has 0 spiro atoms. The number of aryl methyl sites for hydroxylation is 1. The molecule has 0 atom stereocenters. The van der Waals surface area contributed by atoms with Gasteiger partial charge in [-0.1, -0.05) is 41.6 Å². The van der Waals surface area contributed by atoms with Gasteiger partial charge < -0.3 is 9.64 Å². The van der Waals surface area contributed by atoms with Crippen molar-refractivity contribution in [1.82, 2.24) is 0 Å². The van der Waals surface area contributed by atoms with Crippen molar-refractivity contribution in [3.05, 3.63) is 70.4 Å². The number of hydrogen-bond acceptors (Lipinski definition) is 6. The fourth-order valence-electron chi connectivity index (χ4n) is 2.70. The third-order valence-electron chi connectivity index (χ3n) is 3.93. The zero-order valence-corrected chi connectivity index (χ0v) is 14.2. The van der Waals surface area contributed by atoms with Crippen molar-refractivity contribution in [3.63, 3.8) is 0 Å².